The molecule has 1 aliphatic carbocycles. The van der Waals surface area contributed by atoms with Crippen molar-refractivity contribution >= 4 is 5.97 Å². The number of unbranched alkanes of at least 4 members (excludes halogenated alkanes) is 4. The monoisotopic (exact) mass is 294 g/mol. The van der Waals surface area contributed by atoms with E-state index in [0.717, 1.165) is 44.3 Å². The van der Waals surface area contributed by atoms with E-state index in [1.54, 1.807) is 4.68 Å². The third kappa shape index (κ3) is 4.02. The molecule has 1 saturated carbocycles. The average molecular weight is 294 g/mol. The Hall–Kier alpha value is -1.46. The maximum Gasteiger partial charge on any atom is 0.311 e. The highest BCUT2D eigenvalue weighted by Crippen LogP contribution is 2.39. The smallest absolute Gasteiger partial charge is 0.311 e. The lowest BCUT2D eigenvalue weighted by atomic mass is 9.86. The molecule has 1 aromatic rings. The first-order chi connectivity index (χ1) is 10.2. The highest BCUT2D eigenvalue weighted by molar-refractivity contribution is 5.74. The zero-order valence-corrected chi connectivity index (χ0v) is 12.9. The molecule has 1 aromatic heterocycles. The van der Waals surface area contributed by atoms with Crippen LogP contribution < -0.4 is 0 Å². The second-order valence-electron chi connectivity index (χ2n) is 6.21. The van der Waals surface area contributed by atoms with Crippen molar-refractivity contribution in [3.63, 3.8) is 0 Å². The van der Waals surface area contributed by atoms with Crippen LogP contribution in [0.3, 0.4) is 0 Å². The highest BCUT2D eigenvalue weighted by atomic mass is 16.4. The van der Waals surface area contributed by atoms with Gasteiger partial charge in [-0.2, -0.15) is 0 Å². The van der Waals surface area contributed by atoms with Crippen LogP contribution in [0, 0.1) is 5.41 Å². The van der Waals surface area contributed by atoms with E-state index >= 15 is 0 Å². The van der Waals surface area contributed by atoms with Crippen molar-refractivity contribution in [3.8, 4) is 0 Å². The second kappa shape index (κ2) is 7.52. The second-order valence-corrected chi connectivity index (χ2v) is 6.21. The lowest BCUT2D eigenvalue weighted by Gasteiger charge is -2.23. The van der Waals surface area contributed by atoms with Gasteiger partial charge >= 0.3 is 5.97 Å². The minimum Gasteiger partial charge on any atom is -0.481 e. The molecule has 2 rings (SSSR count). The molecule has 0 atom stereocenters. The number of hydrogen-bond donors (Lipinski definition) is 1. The Labute approximate surface area is 125 Å². The van der Waals surface area contributed by atoms with Gasteiger partial charge in [-0.3, -0.25) is 4.79 Å². The number of carboxylic acid groups (broad SMARTS) is 1. The van der Waals surface area contributed by atoms with Crippen LogP contribution in [0.5, 0.6) is 0 Å². The van der Waals surface area contributed by atoms with Gasteiger partial charge in [-0.05, 0) is 29.7 Å². The normalized spacial score (nSPS) is 17.2. The topological polar surface area (TPSA) is 80.9 Å². The summed E-state index contributed by atoms with van der Waals surface area (Å²) < 4.78 is 1.72. The van der Waals surface area contributed by atoms with Gasteiger partial charge in [-0.15, -0.1) is 5.10 Å². The summed E-state index contributed by atoms with van der Waals surface area (Å²) in [6.07, 6.45) is 10.3. The summed E-state index contributed by atoms with van der Waals surface area (Å²) in [6, 6.07) is 0. The maximum absolute atomic E-state index is 11.6. The fraction of sp³-hybridized carbons (Fsp3) is 0.867. The fourth-order valence-electron chi connectivity index (χ4n) is 3.19. The number of carbonyl (C=O) groups is 1. The molecule has 118 valence electrons. The third-order valence-electron chi connectivity index (χ3n) is 4.58. The molecule has 1 heterocycles. The Bertz CT molecular complexity index is 452. The van der Waals surface area contributed by atoms with Crippen molar-refractivity contribution in [2.24, 2.45) is 5.41 Å². The molecule has 21 heavy (non-hydrogen) atoms. The number of rotatable bonds is 9. The summed E-state index contributed by atoms with van der Waals surface area (Å²) in [5.41, 5.74) is -0.660. The summed E-state index contributed by atoms with van der Waals surface area (Å²) in [5.74, 6) is 0.128. The van der Waals surface area contributed by atoms with Gasteiger partial charge in [0, 0.05) is 6.42 Å². The number of nitrogens with zero attached hydrogens (tertiary/aromatic N) is 4. The van der Waals surface area contributed by atoms with Crippen LogP contribution in [0.1, 0.15) is 70.5 Å². The van der Waals surface area contributed by atoms with E-state index < -0.39 is 11.4 Å². The summed E-state index contributed by atoms with van der Waals surface area (Å²) in [6.45, 7) is 2.62. The molecular weight excluding hydrogens is 268 g/mol. The van der Waals surface area contributed by atoms with Crippen LogP contribution in [0.4, 0.5) is 0 Å². The van der Waals surface area contributed by atoms with Gasteiger partial charge in [0.25, 0.3) is 0 Å². The number of carboxylic acids is 1. The maximum atomic E-state index is 11.6. The van der Waals surface area contributed by atoms with Gasteiger partial charge in [0.05, 0.1) is 12.0 Å². The molecule has 0 bridgehead atoms. The van der Waals surface area contributed by atoms with Crippen molar-refractivity contribution in [1.29, 1.82) is 0 Å². The summed E-state index contributed by atoms with van der Waals surface area (Å²) in [7, 11) is 0. The lowest BCUT2D eigenvalue weighted by molar-refractivity contribution is -0.149. The molecule has 0 spiro atoms. The average Bonchev–Trinajstić information content (AvgIpc) is 3.10. The van der Waals surface area contributed by atoms with Gasteiger partial charge in [0.2, 0.25) is 0 Å². The van der Waals surface area contributed by atoms with Crippen molar-refractivity contribution in [1.82, 2.24) is 20.2 Å². The van der Waals surface area contributed by atoms with Gasteiger partial charge in [0.15, 0.2) is 5.82 Å². The lowest BCUT2D eigenvalue weighted by Crippen LogP contribution is -2.33. The van der Waals surface area contributed by atoms with E-state index in [1.807, 2.05) is 0 Å². The van der Waals surface area contributed by atoms with E-state index in [0.29, 0.717) is 6.54 Å². The number of tetrazole rings is 1. The van der Waals surface area contributed by atoms with E-state index in [1.165, 1.54) is 25.7 Å². The number of aliphatic carboxylic acids is 1. The van der Waals surface area contributed by atoms with Gasteiger partial charge in [-0.1, -0.05) is 45.4 Å². The SMILES string of the molecule is CCCCCCCc1nnnn1CC1(C(=O)O)CCCC1. The number of aryl methyl sites for hydroxylation is 1. The van der Waals surface area contributed by atoms with Crippen molar-refractivity contribution in [2.45, 2.75) is 77.7 Å². The van der Waals surface area contributed by atoms with E-state index in [-0.39, 0.29) is 0 Å². The molecule has 1 fully saturated rings. The molecule has 6 nitrogen and oxygen atoms in total. The molecule has 0 aliphatic heterocycles. The van der Waals surface area contributed by atoms with Crippen molar-refractivity contribution in [3.05, 3.63) is 5.82 Å². The van der Waals surface area contributed by atoms with Crippen LogP contribution in [0.15, 0.2) is 0 Å². The Kier molecular flexibility index (Phi) is 5.70. The van der Waals surface area contributed by atoms with E-state index in [2.05, 4.69) is 22.4 Å². The molecule has 0 unspecified atom stereocenters. The molecule has 1 N–H and O–H groups in total. The van der Waals surface area contributed by atoms with Crippen LogP contribution in [-0.2, 0) is 17.8 Å². The third-order valence-corrected chi connectivity index (χ3v) is 4.58. The number of aromatic nitrogens is 4. The Morgan fingerprint density at radius 2 is 1.95 bits per heavy atom. The predicted molar refractivity (Wildman–Crippen MR) is 78.8 cm³/mol. The fourth-order valence-corrected chi connectivity index (χ4v) is 3.19. The number of hydrogen-bond acceptors (Lipinski definition) is 4. The summed E-state index contributed by atoms with van der Waals surface area (Å²) >= 11 is 0. The minimum absolute atomic E-state index is 0.416. The largest absolute Gasteiger partial charge is 0.481 e. The van der Waals surface area contributed by atoms with Gasteiger partial charge in [0.1, 0.15) is 0 Å². The van der Waals surface area contributed by atoms with Gasteiger partial charge < -0.3 is 5.11 Å². The first-order valence-electron chi connectivity index (χ1n) is 8.16. The molecule has 0 radical (unpaired) electrons. The molecule has 0 saturated heterocycles. The quantitative estimate of drug-likeness (QED) is 0.708. The molecule has 1 aliphatic rings. The molecule has 0 amide bonds. The van der Waals surface area contributed by atoms with Crippen molar-refractivity contribution < 1.29 is 9.90 Å². The van der Waals surface area contributed by atoms with E-state index in [9.17, 15) is 9.90 Å². The van der Waals surface area contributed by atoms with Crippen LogP contribution in [0.25, 0.3) is 0 Å². The summed E-state index contributed by atoms with van der Waals surface area (Å²) in [4.78, 5) is 11.6. The van der Waals surface area contributed by atoms with Crippen LogP contribution in [0.2, 0.25) is 0 Å². The van der Waals surface area contributed by atoms with Crippen LogP contribution >= 0.6 is 0 Å². The zero-order chi connectivity index (χ0) is 15.1. The minimum atomic E-state index is -0.704. The Morgan fingerprint density at radius 3 is 2.62 bits per heavy atom. The van der Waals surface area contributed by atoms with Crippen LogP contribution in [-0.4, -0.2) is 31.3 Å². The van der Waals surface area contributed by atoms with Gasteiger partial charge in [-0.25, -0.2) is 4.68 Å². The standard InChI is InChI=1S/C15H26N4O2/c1-2-3-4-5-6-9-13-16-17-18-19(13)12-15(14(20)21)10-7-8-11-15/h2-12H2,1H3,(H,20,21). The Morgan fingerprint density at radius 1 is 1.24 bits per heavy atom. The van der Waals surface area contributed by atoms with E-state index in [4.69, 9.17) is 0 Å². The zero-order valence-electron chi connectivity index (χ0n) is 12.9. The van der Waals surface area contributed by atoms with Crippen molar-refractivity contribution in [2.75, 3.05) is 0 Å². The molecule has 0 aromatic carbocycles. The molecule has 6 heteroatoms. The first-order valence-corrected chi connectivity index (χ1v) is 8.16. The summed E-state index contributed by atoms with van der Waals surface area (Å²) in [5, 5.41) is 21.4. The highest BCUT2D eigenvalue weighted by Gasteiger charge is 2.42. The molecular formula is C15H26N4O2. The first kappa shape index (κ1) is 15.9. The predicted octanol–water partition coefficient (Wildman–Crippen LogP) is 2.83. The Balaban J connectivity index is 1.92.